The molecule has 9 nitrogen and oxygen atoms in total. The van der Waals surface area contributed by atoms with Crippen LogP contribution in [0.15, 0.2) is 67.9 Å². The molecule has 1 N–H and O–H groups in total. The number of aromatic nitrogens is 6. The highest BCUT2D eigenvalue weighted by molar-refractivity contribution is 6.16. The van der Waals surface area contributed by atoms with E-state index in [0.717, 1.165) is 11.2 Å². The largest absolute Gasteiger partial charge is 0.329 e. The van der Waals surface area contributed by atoms with Gasteiger partial charge in [0.15, 0.2) is 5.78 Å². The molecule has 9 heteroatoms. The number of anilines is 1. The lowest BCUT2D eigenvalue weighted by atomic mass is 10.1. The van der Waals surface area contributed by atoms with Crippen LogP contribution < -0.4 is 5.32 Å². The van der Waals surface area contributed by atoms with Crippen LogP contribution >= 0.6 is 0 Å². The van der Waals surface area contributed by atoms with Crippen LogP contribution in [0, 0.1) is 0 Å². The van der Waals surface area contributed by atoms with Crippen LogP contribution in [0.1, 0.15) is 41.4 Å². The third-order valence-electron chi connectivity index (χ3n) is 5.41. The molecule has 0 spiro atoms. The van der Waals surface area contributed by atoms with Gasteiger partial charge in [-0.15, -0.1) is 0 Å². The van der Waals surface area contributed by atoms with Crippen LogP contribution in [0.4, 0.5) is 5.69 Å². The molecular formula is C24H21N7O2. The Bertz CT molecular complexity index is 1500. The first-order valence-corrected chi connectivity index (χ1v) is 10.5. The third-order valence-corrected chi connectivity index (χ3v) is 5.41. The van der Waals surface area contributed by atoms with Gasteiger partial charge < -0.3 is 14.3 Å². The molecule has 33 heavy (non-hydrogen) atoms. The Balaban J connectivity index is 1.37. The number of nitrogens with zero attached hydrogens (tertiary/aromatic N) is 6. The van der Waals surface area contributed by atoms with Crippen LogP contribution in [-0.4, -0.2) is 40.6 Å². The van der Waals surface area contributed by atoms with E-state index in [2.05, 4.69) is 25.3 Å². The summed E-state index contributed by atoms with van der Waals surface area (Å²) in [6.45, 7) is 4.05. The summed E-state index contributed by atoms with van der Waals surface area (Å²) in [6.07, 6.45) is 13.5. The van der Waals surface area contributed by atoms with Crippen molar-refractivity contribution >= 4 is 34.1 Å². The van der Waals surface area contributed by atoms with E-state index in [1.165, 1.54) is 18.7 Å². The fraction of sp³-hybridized carbons (Fsp3) is 0.167. The SMILES string of the molecule is CC(C)n1cc(C(=O)c2cncc(NC(=O)Cc3ccn4ccnc4c3)c2)c2cncnc21. The highest BCUT2D eigenvalue weighted by Gasteiger charge is 2.19. The maximum Gasteiger partial charge on any atom is 0.228 e. The number of fused-ring (bicyclic) bond motifs is 2. The van der Waals surface area contributed by atoms with Crippen LogP contribution in [0.2, 0.25) is 0 Å². The van der Waals surface area contributed by atoms with E-state index in [1.807, 2.05) is 47.3 Å². The molecule has 5 aromatic heterocycles. The number of carbonyl (C=O) groups is 2. The normalized spacial score (nSPS) is 11.4. The number of hydrogen-bond donors (Lipinski definition) is 1. The van der Waals surface area contributed by atoms with Gasteiger partial charge in [-0.1, -0.05) is 0 Å². The lowest BCUT2D eigenvalue weighted by Crippen LogP contribution is -2.15. The van der Waals surface area contributed by atoms with Crippen molar-refractivity contribution in [1.29, 1.82) is 0 Å². The molecule has 0 radical (unpaired) electrons. The molecule has 5 aromatic rings. The van der Waals surface area contributed by atoms with E-state index in [0.29, 0.717) is 27.8 Å². The van der Waals surface area contributed by atoms with Crippen molar-refractivity contribution in [3.8, 4) is 0 Å². The van der Waals surface area contributed by atoms with E-state index in [9.17, 15) is 9.59 Å². The number of hydrogen-bond acceptors (Lipinski definition) is 6. The number of imidazole rings is 1. The van der Waals surface area contributed by atoms with Crippen molar-refractivity contribution in [2.24, 2.45) is 0 Å². The van der Waals surface area contributed by atoms with Crippen molar-refractivity contribution in [2.75, 3.05) is 5.32 Å². The average molecular weight is 439 g/mol. The van der Waals surface area contributed by atoms with Crippen molar-refractivity contribution in [3.05, 3.63) is 84.6 Å². The molecule has 0 atom stereocenters. The maximum atomic E-state index is 13.3. The predicted octanol–water partition coefficient (Wildman–Crippen LogP) is 3.47. The highest BCUT2D eigenvalue weighted by atomic mass is 16.1. The molecule has 5 rings (SSSR count). The molecule has 0 aliphatic heterocycles. The van der Waals surface area contributed by atoms with Crippen LogP contribution in [0.25, 0.3) is 16.7 Å². The minimum atomic E-state index is -0.206. The summed E-state index contributed by atoms with van der Waals surface area (Å²) < 4.78 is 3.82. The smallest absolute Gasteiger partial charge is 0.228 e. The molecule has 164 valence electrons. The number of carbonyl (C=O) groups excluding carboxylic acids is 2. The van der Waals surface area contributed by atoms with Gasteiger partial charge in [0, 0.05) is 54.2 Å². The minimum absolute atomic E-state index is 0.133. The van der Waals surface area contributed by atoms with Crippen molar-refractivity contribution in [2.45, 2.75) is 26.3 Å². The average Bonchev–Trinajstić information content (AvgIpc) is 3.43. The fourth-order valence-corrected chi connectivity index (χ4v) is 3.80. The van der Waals surface area contributed by atoms with Crippen LogP contribution in [-0.2, 0) is 11.2 Å². The monoisotopic (exact) mass is 439 g/mol. The molecule has 0 aliphatic carbocycles. The molecule has 1 amide bonds. The molecule has 0 aliphatic rings. The Morgan fingerprint density at radius 3 is 2.79 bits per heavy atom. The second kappa shape index (κ2) is 8.27. The van der Waals surface area contributed by atoms with E-state index < -0.39 is 0 Å². The Morgan fingerprint density at radius 1 is 1.06 bits per heavy atom. The highest BCUT2D eigenvalue weighted by Crippen LogP contribution is 2.25. The van der Waals surface area contributed by atoms with Gasteiger partial charge >= 0.3 is 0 Å². The van der Waals surface area contributed by atoms with Gasteiger partial charge in [0.2, 0.25) is 5.91 Å². The van der Waals surface area contributed by atoms with Crippen LogP contribution in [0.3, 0.4) is 0 Å². The minimum Gasteiger partial charge on any atom is -0.329 e. The quantitative estimate of drug-likeness (QED) is 0.406. The van der Waals surface area contributed by atoms with Gasteiger partial charge in [-0.2, -0.15) is 0 Å². The topological polar surface area (TPSA) is 107 Å². The summed E-state index contributed by atoms with van der Waals surface area (Å²) in [5, 5.41) is 3.51. The Labute approximate surface area is 189 Å². The number of ketones is 1. The lowest BCUT2D eigenvalue weighted by Gasteiger charge is -2.07. The Kier molecular flexibility index (Phi) is 5.14. The lowest BCUT2D eigenvalue weighted by molar-refractivity contribution is -0.115. The zero-order valence-electron chi connectivity index (χ0n) is 18.1. The van der Waals surface area contributed by atoms with Gasteiger partial charge in [0.25, 0.3) is 0 Å². The van der Waals surface area contributed by atoms with Gasteiger partial charge in [-0.25, -0.2) is 15.0 Å². The van der Waals surface area contributed by atoms with Gasteiger partial charge in [0.05, 0.1) is 23.9 Å². The number of rotatable bonds is 6. The van der Waals surface area contributed by atoms with Gasteiger partial charge in [0.1, 0.15) is 17.6 Å². The summed E-state index contributed by atoms with van der Waals surface area (Å²) in [6, 6.07) is 5.50. The first-order chi connectivity index (χ1) is 16.0. The van der Waals surface area contributed by atoms with Crippen molar-refractivity contribution in [1.82, 2.24) is 28.9 Å². The number of pyridine rings is 2. The number of amides is 1. The first kappa shape index (κ1) is 20.5. The standard InChI is InChI=1S/C24H21N7O2/c1-15(2)31-13-20(19-12-26-14-28-24(19)31)23(33)17-9-18(11-25-10-17)29-22(32)8-16-3-5-30-6-4-27-21(30)7-16/h3-7,9-15H,8H2,1-2H3,(H,29,32). The predicted molar refractivity (Wildman–Crippen MR) is 123 cm³/mol. The van der Waals surface area contributed by atoms with E-state index in [4.69, 9.17) is 0 Å². The molecule has 0 bridgehead atoms. The first-order valence-electron chi connectivity index (χ1n) is 10.5. The third kappa shape index (κ3) is 3.96. The van der Waals surface area contributed by atoms with Crippen molar-refractivity contribution in [3.63, 3.8) is 0 Å². The molecule has 0 aromatic carbocycles. The van der Waals surface area contributed by atoms with E-state index in [-0.39, 0.29) is 24.2 Å². The summed E-state index contributed by atoms with van der Waals surface area (Å²) in [5.74, 6) is -0.412. The second-order valence-electron chi connectivity index (χ2n) is 8.05. The molecule has 0 unspecified atom stereocenters. The Hall–Kier alpha value is -4.40. The molecular weight excluding hydrogens is 418 g/mol. The number of nitrogens with one attached hydrogen (secondary N) is 1. The van der Waals surface area contributed by atoms with Crippen molar-refractivity contribution < 1.29 is 9.59 Å². The molecule has 0 saturated heterocycles. The molecule has 0 fully saturated rings. The van der Waals surface area contributed by atoms with E-state index >= 15 is 0 Å². The summed E-state index contributed by atoms with van der Waals surface area (Å²) in [7, 11) is 0. The summed E-state index contributed by atoms with van der Waals surface area (Å²) in [4.78, 5) is 42.7. The molecule has 5 heterocycles. The maximum absolute atomic E-state index is 13.3. The van der Waals surface area contributed by atoms with Gasteiger partial charge in [-0.3, -0.25) is 14.6 Å². The van der Waals surface area contributed by atoms with Crippen LogP contribution in [0.5, 0.6) is 0 Å². The van der Waals surface area contributed by atoms with Gasteiger partial charge in [-0.05, 0) is 37.6 Å². The zero-order chi connectivity index (χ0) is 22.9. The summed E-state index contributed by atoms with van der Waals surface area (Å²) in [5.41, 5.74) is 3.65. The van der Waals surface area contributed by atoms with E-state index in [1.54, 1.807) is 24.7 Å². The Morgan fingerprint density at radius 2 is 1.94 bits per heavy atom. The summed E-state index contributed by atoms with van der Waals surface area (Å²) >= 11 is 0. The second-order valence-corrected chi connectivity index (χ2v) is 8.05. The fourth-order valence-electron chi connectivity index (χ4n) is 3.80. The zero-order valence-corrected chi connectivity index (χ0v) is 18.1. The molecule has 0 saturated carbocycles.